The predicted octanol–water partition coefficient (Wildman–Crippen LogP) is 1.77. The summed E-state index contributed by atoms with van der Waals surface area (Å²) in [7, 11) is 1.32. The Labute approximate surface area is 99.7 Å². The van der Waals surface area contributed by atoms with Gasteiger partial charge in [-0.25, -0.2) is 0 Å². The van der Waals surface area contributed by atoms with Crippen LogP contribution in [0.15, 0.2) is 5.11 Å². The monoisotopic (exact) mass is 243 g/mol. The summed E-state index contributed by atoms with van der Waals surface area (Å²) in [5, 5.41) is 3.65. The van der Waals surface area contributed by atoms with Gasteiger partial charge in [0, 0.05) is 11.3 Å². The van der Waals surface area contributed by atoms with Crippen molar-refractivity contribution in [2.45, 2.75) is 44.6 Å². The highest BCUT2D eigenvalue weighted by atomic mass is 16.7. The molecule has 17 heavy (non-hydrogen) atoms. The molecule has 1 aliphatic rings. The first-order valence-corrected chi connectivity index (χ1v) is 5.41. The van der Waals surface area contributed by atoms with E-state index in [2.05, 4.69) is 14.8 Å². The van der Waals surface area contributed by atoms with Crippen LogP contribution in [-0.4, -0.2) is 37.6 Å². The standard InChI is InChI=1S/C10H17N3O4/c1-10(2)16-6-8(17-10)7(12-13-11)4-5-9(14)15-3/h7-8H,4-6H2,1-3H3/t7-,8-/m1/s1. The molecule has 1 rings (SSSR count). The van der Waals surface area contributed by atoms with Crippen molar-refractivity contribution in [2.75, 3.05) is 13.7 Å². The minimum Gasteiger partial charge on any atom is -0.469 e. The van der Waals surface area contributed by atoms with Crippen molar-refractivity contribution in [3.63, 3.8) is 0 Å². The Bertz CT molecular complexity index is 326. The molecule has 0 amide bonds. The Balaban J connectivity index is 2.55. The van der Waals surface area contributed by atoms with Crippen LogP contribution in [-0.2, 0) is 19.0 Å². The lowest BCUT2D eigenvalue weighted by atomic mass is 10.1. The summed E-state index contributed by atoms with van der Waals surface area (Å²) in [4.78, 5) is 13.8. The Hall–Kier alpha value is -1.30. The van der Waals surface area contributed by atoms with Crippen molar-refractivity contribution in [3.8, 4) is 0 Å². The zero-order valence-electron chi connectivity index (χ0n) is 10.3. The molecule has 0 saturated carbocycles. The number of hydrogen-bond donors (Lipinski definition) is 0. The summed E-state index contributed by atoms with van der Waals surface area (Å²) in [6.07, 6.45) is 0.270. The van der Waals surface area contributed by atoms with Crippen molar-refractivity contribution < 1.29 is 19.0 Å². The molecule has 0 unspecified atom stereocenters. The maximum Gasteiger partial charge on any atom is 0.305 e. The maximum atomic E-state index is 11.0. The van der Waals surface area contributed by atoms with Gasteiger partial charge in [0.05, 0.1) is 25.9 Å². The van der Waals surface area contributed by atoms with Crippen molar-refractivity contribution in [1.82, 2.24) is 0 Å². The summed E-state index contributed by atoms with van der Waals surface area (Å²) in [5.74, 6) is -1.000. The average Bonchev–Trinajstić information content (AvgIpc) is 2.64. The summed E-state index contributed by atoms with van der Waals surface area (Å²) >= 11 is 0. The highest BCUT2D eigenvalue weighted by Crippen LogP contribution is 2.27. The molecule has 0 spiro atoms. The second kappa shape index (κ2) is 5.86. The zero-order valence-corrected chi connectivity index (χ0v) is 10.3. The van der Waals surface area contributed by atoms with Crippen LogP contribution in [0, 0.1) is 0 Å². The van der Waals surface area contributed by atoms with E-state index in [0.717, 1.165) is 0 Å². The van der Waals surface area contributed by atoms with Crippen LogP contribution in [0.2, 0.25) is 0 Å². The minimum absolute atomic E-state index is 0.195. The van der Waals surface area contributed by atoms with Crippen molar-refractivity contribution in [1.29, 1.82) is 0 Å². The molecule has 96 valence electrons. The number of rotatable bonds is 5. The van der Waals surface area contributed by atoms with E-state index in [9.17, 15) is 4.79 Å². The Morgan fingerprint density at radius 2 is 2.41 bits per heavy atom. The van der Waals surface area contributed by atoms with Crippen LogP contribution in [0.4, 0.5) is 0 Å². The number of hydrogen-bond acceptors (Lipinski definition) is 5. The molecule has 7 heteroatoms. The van der Waals surface area contributed by atoms with Crippen molar-refractivity contribution in [3.05, 3.63) is 10.4 Å². The van der Waals surface area contributed by atoms with E-state index in [1.54, 1.807) is 13.8 Å². The second-order valence-corrected chi connectivity index (χ2v) is 4.25. The van der Waals surface area contributed by atoms with Crippen LogP contribution in [0.1, 0.15) is 26.7 Å². The Morgan fingerprint density at radius 1 is 1.71 bits per heavy atom. The number of azide groups is 1. The van der Waals surface area contributed by atoms with Gasteiger partial charge in [-0.05, 0) is 25.8 Å². The molecule has 1 fully saturated rings. The van der Waals surface area contributed by atoms with E-state index in [-0.39, 0.29) is 18.5 Å². The predicted molar refractivity (Wildman–Crippen MR) is 59.1 cm³/mol. The number of ether oxygens (including phenoxy) is 3. The van der Waals surface area contributed by atoms with Gasteiger partial charge in [0.2, 0.25) is 0 Å². The zero-order chi connectivity index (χ0) is 12.9. The summed E-state index contributed by atoms with van der Waals surface area (Å²) in [5.41, 5.74) is 8.50. The van der Waals surface area contributed by atoms with E-state index in [1.807, 2.05) is 0 Å². The highest BCUT2D eigenvalue weighted by Gasteiger charge is 2.37. The lowest BCUT2D eigenvalue weighted by molar-refractivity contribution is -0.143. The number of esters is 1. The molecule has 1 saturated heterocycles. The molecule has 0 aromatic rings. The third kappa shape index (κ3) is 4.22. The molecule has 0 radical (unpaired) electrons. The molecule has 0 N–H and O–H groups in total. The normalized spacial score (nSPS) is 23.8. The van der Waals surface area contributed by atoms with Gasteiger partial charge in [-0.3, -0.25) is 4.79 Å². The number of methoxy groups -OCH3 is 1. The van der Waals surface area contributed by atoms with E-state index >= 15 is 0 Å². The summed E-state index contributed by atoms with van der Waals surface area (Å²) in [6.45, 7) is 3.94. The lowest BCUT2D eigenvalue weighted by Crippen LogP contribution is -2.29. The second-order valence-electron chi connectivity index (χ2n) is 4.25. The fourth-order valence-corrected chi connectivity index (χ4v) is 1.66. The van der Waals surface area contributed by atoms with Crippen molar-refractivity contribution >= 4 is 5.97 Å². The number of nitrogens with zero attached hydrogens (tertiary/aromatic N) is 3. The van der Waals surface area contributed by atoms with E-state index in [1.165, 1.54) is 7.11 Å². The molecule has 0 aromatic carbocycles. The van der Waals surface area contributed by atoms with Crippen LogP contribution in [0.3, 0.4) is 0 Å². The average molecular weight is 243 g/mol. The third-order valence-corrected chi connectivity index (χ3v) is 2.53. The van der Waals surface area contributed by atoms with Gasteiger partial charge in [-0.1, -0.05) is 5.11 Å². The number of carbonyl (C=O) groups excluding carboxylic acids is 1. The molecule has 0 aromatic heterocycles. The molecule has 7 nitrogen and oxygen atoms in total. The number of carbonyl (C=O) groups is 1. The SMILES string of the molecule is COC(=O)CC[C@@H](N=[N+]=[N-])[C@H]1COC(C)(C)O1. The lowest BCUT2D eigenvalue weighted by Gasteiger charge is -2.20. The van der Waals surface area contributed by atoms with Gasteiger partial charge in [-0.2, -0.15) is 0 Å². The molecule has 0 bridgehead atoms. The molecular formula is C10H17N3O4. The third-order valence-electron chi connectivity index (χ3n) is 2.53. The maximum absolute atomic E-state index is 11.0. The van der Waals surface area contributed by atoms with Crippen molar-refractivity contribution in [2.24, 2.45) is 5.11 Å². The van der Waals surface area contributed by atoms with Crippen LogP contribution < -0.4 is 0 Å². The quantitative estimate of drug-likeness (QED) is 0.318. The van der Waals surface area contributed by atoms with Gasteiger partial charge in [0.25, 0.3) is 0 Å². The van der Waals surface area contributed by atoms with Crippen LogP contribution >= 0.6 is 0 Å². The van der Waals surface area contributed by atoms with E-state index < -0.39 is 11.8 Å². The van der Waals surface area contributed by atoms with Crippen LogP contribution in [0.5, 0.6) is 0 Å². The Kier molecular flexibility index (Phi) is 4.74. The topological polar surface area (TPSA) is 93.5 Å². The van der Waals surface area contributed by atoms with E-state index in [0.29, 0.717) is 13.0 Å². The molecule has 0 aliphatic carbocycles. The molecule has 1 aliphatic heterocycles. The minimum atomic E-state index is -0.668. The van der Waals surface area contributed by atoms with Crippen LogP contribution in [0.25, 0.3) is 10.4 Å². The first-order chi connectivity index (χ1) is 7.98. The molecule has 1 heterocycles. The molecule has 2 atom stereocenters. The summed E-state index contributed by atoms with van der Waals surface area (Å²) in [6, 6.07) is -0.416. The first kappa shape index (κ1) is 13.8. The fraction of sp³-hybridized carbons (Fsp3) is 0.900. The summed E-state index contributed by atoms with van der Waals surface area (Å²) < 4.78 is 15.5. The Morgan fingerprint density at radius 3 is 2.88 bits per heavy atom. The first-order valence-electron chi connectivity index (χ1n) is 5.41. The van der Waals surface area contributed by atoms with Gasteiger partial charge in [0.1, 0.15) is 0 Å². The molecular weight excluding hydrogens is 226 g/mol. The van der Waals surface area contributed by atoms with E-state index in [4.69, 9.17) is 15.0 Å². The van der Waals surface area contributed by atoms with Gasteiger partial charge < -0.3 is 14.2 Å². The largest absolute Gasteiger partial charge is 0.469 e. The van der Waals surface area contributed by atoms with Gasteiger partial charge in [0.15, 0.2) is 5.79 Å². The van der Waals surface area contributed by atoms with Gasteiger partial charge >= 0.3 is 5.97 Å². The fourth-order valence-electron chi connectivity index (χ4n) is 1.66. The smallest absolute Gasteiger partial charge is 0.305 e. The van der Waals surface area contributed by atoms with Gasteiger partial charge in [-0.15, -0.1) is 0 Å². The highest BCUT2D eigenvalue weighted by molar-refractivity contribution is 5.69.